The van der Waals surface area contributed by atoms with E-state index >= 15 is 0 Å². The second-order valence-electron chi connectivity index (χ2n) is 11.8. The Morgan fingerprint density at radius 1 is 0.565 bits per heavy atom. The van der Waals surface area contributed by atoms with Crippen LogP contribution < -0.4 is 21.3 Å². The summed E-state index contributed by atoms with van der Waals surface area (Å²) >= 11 is 0. The molecule has 0 atom stereocenters. The molecule has 12 heteroatoms. The maximum atomic E-state index is 12.6. The number of piperazine rings is 1. The minimum Gasteiger partial charge on any atom is -0.380 e. The molecule has 236 valence electrons. The molecule has 46 heavy (non-hydrogen) atoms. The van der Waals surface area contributed by atoms with Gasteiger partial charge in [0.25, 0.3) is 23.6 Å². The van der Waals surface area contributed by atoms with E-state index in [1.807, 2.05) is 48.5 Å². The lowest BCUT2D eigenvalue weighted by Crippen LogP contribution is -2.47. The molecule has 3 aliphatic heterocycles. The number of nitrogens with one attached hydrogen (secondary N) is 6. The van der Waals surface area contributed by atoms with Crippen molar-refractivity contribution in [1.29, 1.82) is 0 Å². The van der Waals surface area contributed by atoms with Crippen LogP contribution in [0.5, 0.6) is 0 Å². The second kappa shape index (κ2) is 12.7. The summed E-state index contributed by atoms with van der Waals surface area (Å²) in [6, 6.07) is 15.4. The van der Waals surface area contributed by atoms with Gasteiger partial charge in [0, 0.05) is 84.6 Å². The molecule has 0 bridgehead atoms. The largest absolute Gasteiger partial charge is 0.380 e. The van der Waals surface area contributed by atoms with Gasteiger partial charge in [-0.3, -0.25) is 29.8 Å². The number of carbonyl (C=O) groups excluding carboxylic acids is 4. The Hall–Kier alpha value is -5.20. The van der Waals surface area contributed by atoms with E-state index in [4.69, 9.17) is 0 Å². The zero-order chi connectivity index (χ0) is 31.6. The van der Waals surface area contributed by atoms with E-state index < -0.39 is 0 Å². The lowest BCUT2D eigenvalue weighted by Gasteiger charge is -2.34. The van der Waals surface area contributed by atoms with Crippen LogP contribution in [0.3, 0.4) is 0 Å². The van der Waals surface area contributed by atoms with Gasteiger partial charge in [-0.2, -0.15) is 0 Å². The van der Waals surface area contributed by atoms with E-state index in [-0.39, 0.29) is 23.6 Å². The number of aromatic nitrogens is 2. The lowest BCUT2D eigenvalue weighted by atomic mass is 10.0. The van der Waals surface area contributed by atoms with Gasteiger partial charge in [-0.05, 0) is 38.1 Å². The Morgan fingerprint density at radius 3 is 1.41 bits per heavy atom. The highest BCUT2D eigenvalue weighted by Gasteiger charge is 2.33. The van der Waals surface area contributed by atoms with Crippen molar-refractivity contribution in [1.82, 2.24) is 41.0 Å². The molecule has 0 aliphatic carbocycles. The molecule has 0 radical (unpaired) electrons. The van der Waals surface area contributed by atoms with Crippen molar-refractivity contribution in [2.45, 2.75) is 12.8 Å². The number of imide groups is 2. The summed E-state index contributed by atoms with van der Waals surface area (Å²) in [4.78, 5) is 61.6. The third-order valence-electron chi connectivity index (χ3n) is 8.95. The van der Waals surface area contributed by atoms with Gasteiger partial charge in [0.15, 0.2) is 0 Å². The van der Waals surface area contributed by atoms with Crippen molar-refractivity contribution in [2.75, 3.05) is 52.4 Å². The third kappa shape index (κ3) is 5.68. The average molecular weight is 621 g/mol. The number of hydrogen-bond donors (Lipinski definition) is 6. The molecule has 7 rings (SSSR count). The van der Waals surface area contributed by atoms with Crippen molar-refractivity contribution < 1.29 is 19.2 Å². The molecule has 0 saturated carbocycles. The van der Waals surface area contributed by atoms with Crippen LogP contribution in [-0.2, 0) is 19.2 Å². The summed E-state index contributed by atoms with van der Waals surface area (Å²) in [5.74, 6) is -1.54. The normalized spacial score (nSPS) is 17.9. The first-order valence-corrected chi connectivity index (χ1v) is 15.7. The summed E-state index contributed by atoms with van der Waals surface area (Å²) in [5, 5.41) is 13.1. The Labute approximate surface area is 265 Å². The highest BCUT2D eigenvalue weighted by Crippen LogP contribution is 2.30. The molecule has 0 unspecified atom stereocenters. The van der Waals surface area contributed by atoms with Crippen LogP contribution >= 0.6 is 0 Å². The van der Waals surface area contributed by atoms with Crippen molar-refractivity contribution >= 4 is 56.6 Å². The number of hydrogen-bond acceptors (Lipinski definition) is 8. The molecule has 1 fully saturated rings. The SMILES string of the molecule is O=C1NC(=O)C(c2c[nH]c3ccccc23)=C1NCCCN1CCN(CCCNC2=C(c3c[nH]c4ccccc34)C(=O)NC2=O)CC1. The topological polar surface area (TPSA) is 154 Å². The average Bonchev–Trinajstić information content (AvgIpc) is 3.81. The van der Waals surface area contributed by atoms with Crippen LogP contribution in [-0.4, -0.2) is 95.8 Å². The first-order chi connectivity index (χ1) is 22.5. The summed E-state index contributed by atoms with van der Waals surface area (Å²) < 4.78 is 0. The Balaban J connectivity index is 0.861. The smallest absolute Gasteiger partial charge is 0.275 e. The van der Waals surface area contributed by atoms with Crippen LogP contribution in [0.2, 0.25) is 0 Å². The van der Waals surface area contributed by atoms with Crippen molar-refractivity contribution in [2.24, 2.45) is 0 Å². The van der Waals surface area contributed by atoms with Gasteiger partial charge in [0.2, 0.25) is 0 Å². The van der Waals surface area contributed by atoms with Crippen LogP contribution in [0.15, 0.2) is 72.3 Å². The number of fused-ring (bicyclic) bond motifs is 2. The summed E-state index contributed by atoms with van der Waals surface area (Å²) in [5.41, 5.74) is 4.70. The van der Waals surface area contributed by atoms with E-state index in [2.05, 4.69) is 41.0 Å². The van der Waals surface area contributed by atoms with Crippen LogP contribution in [0.25, 0.3) is 33.0 Å². The summed E-state index contributed by atoms with van der Waals surface area (Å²) in [6.45, 7) is 6.74. The number of H-pyrrole nitrogens is 2. The minimum absolute atomic E-state index is 0.331. The quantitative estimate of drug-likeness (QED) is 0.103. The number of para-hydroxylation sites is 2. The molecule has 2 aromatic heterocycles. The first-order valence-electron chi connectivity index (χ1n) is 15.7. The Morgan fingerprint density at radius 2 is 0.978 bits per heavy atom. The zero-order valence-corrected chi connectivity index (χ0v) is 25.4. The third-order valence-corrected chi connectivity index (χ3v) is 8.95. The molecular formula is C34H36N8O4. The van der Waals surface area contributed by atoms with E-state index in [0.717, 1.165) is 85.0 Å². The summed E-state index contributed by atoms with van der Waals surface area (Å²) in [6.07, 6.45) is 5.23. The number of amides is 4. The number of nitrogens with zero attached hydrogens (tertiary/aromatic N) is 2. The van der Waals surface area contributed by atoms with Gasteiger partial charge in [-0.1, -0.05) is 36.4 Å². The minimum atomic E-state index is -0.390. The molecule has 1 saturated heterocycles. The number of carbonyl (C=O) groups is 4. The maximum Gasteiger partial charge on any atom is 0.275 e. The molecular weight excluding hydrogens is 584 g/mol. The maximum absolute atomic E-state index is 12.6. The second-order valence-corrected chi connectivity index (χ2v) is 11.8. The molecule has 12 nitrogen and oxygen atoms in total. The monoisotopic (exact) mass is 620 g/mol. The summed E-state index contributed by atoms with van der Waals surface area (Å²) in [7, 11) is 0. The highest BCUT2D eigenvalue weighted by molar-refractivity contribution is 6.38. The first kappa shape index (κ1) is 29.5. The lowest BCUT2D eigenvalue weighted by molar-refractivity contribution is -0.125. The number of benzene rings is 2. The van der Waals surface area contributed by atoms with Crippen molar-refractivity contribution in [3.8, 4) is 0 Å². The van der Waals surface area contributed by atoms with Gasteiger partial charge in [-0.15, -0.1) is 0 Å². The standard InChI is InChI=1S/C34H36N8O4/c43-31-27(23-19-37-25-9-3-1-7-21(23)25)29(33(45)39-31)35-11-5-13-41-15-17-42(18-16-41)14-6-12-36-30-28(32(44)40-34(30)46)24-20-38-26-10-4-2-8-22(24)26/h1-4,7-10,19-20,37-38H,5-6,11-18H2,(H2,35,39,43,45)(H2,36,40,44,46). The van der Waals surface area contributed by atoms with Crippen LogP contribution in [0, 0.1) is 0 Å². The molecule has 0 spiro atoms. The van der Waals surface area contributed by atoms with E-state index in [1.54, 1.807) is 12.4 Å². The number of rotatable bonds is 12. The molecule has 3 aliphatic rings. The Bertz CT molecular complexity index is 1770. The van der Waals surface area contributed by atoms with Gasteiger partial charge in [-0.25, -0.2) is 0 Å². The fourth-order valence-electron chi connectivity index (χ4n) is 6.59. The molecule has 2 aromatic carbocycles. The zero-order valence-electron chi connectivity index (χ0n) is 25.4. The molecule has 5 heterocycles. The van der Waals surface area contributed by atoms with E-state index in [9.17, 15) is 19.2 Å². The fraction of sp³-hybridized carbons (Fsp3) is 0.294. The van der Waals surface area contributed by atoms with Crippen LogP contribution in [0.4, 0.5) is 0 Å². The predicted molar refractivity (Wildman–Crippen MR) is 175 cm³/mol. The van der Waals surface area contributed by atoms with E-state index in [1.165, 1.54) is 0 Å². The van der Waals surface area contributed by atoms with Gasteiger partial charge in [0.05, 0.1) is 11.1 Å². The number of aromatic amines is 2. The molecule has 4 amide bonds. The Kier molecular flexibility index (Phi) is 8.12. The molecule has 4 aromatic rings. The molecule has 6 N–H and O–H groups in total. The van der Waals surface area contributed by atoms with Gasteiger partial charge in [0.1, 0.15) is 11.4 Å². The van der Waals surface area contributed by atoms with Crippen molar-refractivity contribution in [3.63, 3.8) is 0 Å². The highest BCUT2D eigenvalue weighted by atomic mass is 16.2. The van der Waals surface area contributed by atoms with E-state index in [0.29, 0.717) is 35.6 Å². The van der Waals surface area contributed by atoms with Gasteiger partial charge >= 0.3 is 0 Å². The van der Waals surface area contributed by atoms with Gasteiger partial charge < -0.3 is 30.4 Å². The van der Waals surface area contributed by atoms with Crippen molar-refractivity contribution in [3.05, 3.63) is 83.4 Å². The predicted octanol–water partition coefficient (Wildman–Crippen LogP) is 1.66. The fourth-order valence-corrected chi connectivity index (χ4v) is 6.59. The van der Waals surface area contributed by atoms with Crippen LogP contribution in [0.1, 0.15) is 24.0 Å².